The largest absolute Gasteiger partial charge is 0.363 e. The summed E-state index contributed by atoms with van der Waals surface area (Å²) in [5.74, 6) is -1.29. The van der Waals surface area contributed by atoms with Gasteiger partial charge in [-0.25, -0.2) is 14.6 Å². The monoisotopic (exact) mass is 491 g/mol. The number of carbonyl (C=O) groups is 3. The highest BCUT2D eigenvalue weighted by molar-refractivity contribution is 6.46. The first-order valence-electron chi connectivity index (χ1n) is 12.4. The van der Waals surface area contributed by atoms with E-state index in [4.69, 9.17) is 0 Å². The van der Waals surface area contributed by atoms with Gasteiger partial charge in [0.1, 0.15) is 5.57 Å². The summed E-state index contributed by atoms with van der Waals surface area (Å²) in [5.41, 5.74) is 4.65. The van der Waals surface area contributed by atoms with Gasteiger partial charge < -0.3 is 4.90 Å². The Balaban J connectivity index is 1.63. The highest BCUT2D eigenvalue weighted by Crippen LogP contribution is 2.39. The van der Waals surface area contributed by atoms with E-state index in [2.05, 4.69) is 38.7 Å². The molecule has 6 heteroatoms. The van der Waals surface area contributed by atoms with Crippen LogP contribution in [0.1, 0.15) is 38.8 Å². The zero-order valence-electron chi connectivity index (χ0n) is 21.4. The Morgan fingerprint density at radius 2 is 1.32 bits per heavy atom. The molecular weight excluding hydrogens is 462 g/mol. The maximum absolute atomic E-state index is 13.6. The number of anilines is 3. The molecule has 0 radical (unpaired) electrons. The zero-order chi connectivity index (χ0) is 26.3. The third kappa shape index (κ3) is 4.14. The molecule has 2 aliphatic rings. The van der Waals surface area contributed by atoms with Gasteiger partial charge in [0.2, 0.25) is 0 Å². The van der Waals surface area contributed by atoms with Crippen molar-refractivity contribution in [2.75, 3.05) is 21.2 Å². The van der Waals surface area contributed by atoms with E-state index in [1.54, 1.807) is 54.6 Å². The van der Waals surface area contributed by atoms with E-state index in [-0.39, 0.29) is 11.1 Å². The maximum atomic E-state index is 13.6. The lowest BCUT2D eigenvalue weighted by atomic mass is 9.88. The first kappa shape index (κ1) is 24.3. The number of nitrogens with zero attached hydrogens (tertiary/aromatic N) is 3. The minimum Gasteiger partial charge on any atom is -0.363 e. The van der Waals surface area contributed by atoms with Gasteiger partial charge in [0, 0.05) is 17.8 Å². The smallest absolute Gasteiger partial charge is 0.343 e. The summed E-state index contributed by atoms with van der Waals surface area (Å²) in [4.78, 5) is 45.2. The molecule has 0 unspecified atom stereocenters. The van der Waals surface area contributed by atoms with Crippen molar-refractivity contribution in [3.8, 4) is 0 Å². The number of carbonyl (C=O) groups excluding carboxylic acids is 3. The first-order valence-corrected chi connectivity index (χ1v) is 12.4. The van der Waals surface area contributed by atoms with Crippen LogP contribution >= 0.6 is 0 Å². The lowest BCUT2D eigenvalue weighted by Gasteiger charge is -2.42. The van der Waals surface area contributed by atoms with Crippen LogP contribution in [0.5, 0.6) is 0 Å². The van der Waals surface area contributed by atoms with E-state index in [1.807, 2.05) is 30.3 Å². The number of likely N-dealkylation sites (N-methyl/N-ethyl adjacent to an activating group) is 1. The van der Waals surface area contributed by atoms with Crippen molar-refractivity contribution < 1.29 is 14.4 Å². The first-order chi connectivity index (χ1) is 17.7. The standard InChI is InChI=1S/C31H29N3O3/c1-5-32-27-17-16-22(18-25(27)21(2)20-31(32,3)4)19-26-28(35)33(23-12-8-6-9-13-23)30(37)34(29(26)36)24-14-10-7-11-15-24/h6-20H,5H2,1-4H3. The lowest BCUT2D eigenvalue weighted by molar-refractivity contribution is -0.121. The molecule has 1 saturated heterocycles. The van der Waals surface area contributed by atoms with Gasteiger partial charge >= 0.3 is 6.03 Å². The normalized spacial score (nSPS) is 17.1. The summed E-state index contributed by atoms with van der Waals surface area (Å²) in [6.45, 7) is 9.43. The second-order valence-electron chi connectivity index (χ2n) is 9.79. The van der Waals surface area contributed by atoms with Crippen molar-refractivity contribution in [2.45, 2.75) is 33.2 Å². The van der Waals surface area contributed by atoms with E-state index in [1.165, 1.54) is 0 Å². The molecule has 2 heterocycles. The summed E-state index contributed by atoms with van der Waals surface area (Å²) in [6.07, 6.45) is 3.83. The molecule has 0 bridgehead atoms. The van der Waals surface area contributed by atoms with Crippen LogP contribution < -0.4 is 14.7 Å². The van der Waals surface area contributed by atoms with Gasteiger partial charge in [-0.1, -0.05) is 48.5 Å². The van der Waals surface area contributed by atoms with Crippen LogP contribution in [0.3, 0.4) is 0 Å². The van der Waals surface area contributed by atoms with Crippen LogP contribution in [0.15, 0.2) is 90.5 Å². The van der Waals surface area contributed by atoms with Crippen molar-refractivity contribution in [2.24, 2.45) is 0 Å². The molecule has 0 N–H and O–H groups in total. The molecule has 0 aliphatic carbocycles. The van der Waals surface area contributed by atoms with Gasteiger partial charge in [-0.05, 0) is 81.3 Å². The fourth-order valence-corrected chi connectivity index (χ4v) is 5.27. The minimum atomic E-state index is -0.699. The number of rotatable bonds is 4. The average Bonchev–Trinajstić information content (AvgIpc) is 2.88. The summed E-state index contributed by atoms with van der Waals surface area (Å²) in [7, 11) is 0. The highest BCUT2D eigenvalue weighted by atomic mass is 16.2. The van der Waals surface area contributed by atoms with Crippen LogP contribution in [0, 0.1) is 0 Å². The molecule has 5 rings (SSSR count). The molecule has 1 fully saturated rings. The summed E-state index contributed by atoms with van der Waals surface area (Å²) >= 11 is 0. The zero-order valence-corrected chi connectivity index (χ0v) is 21.4. The second-order valence-corrected chi connectivity index (χ2v) is 9.79. The number of imide groups is 2. The number of barbiturate groups is 1. The molecule has 0 saturated carbocycles. The van der Waals surface area contributed by atoms with Crippen LogP contribution in [0.4, 0.5) is 21.9 Å². The Labute approximate surface area is 217 Å². The van der Waals surface area contributed by atoms with Gasteiger partial charge in [-0.3, -0.25) is 9.59 Å². The van der Waals surface area contributed by atoms with Crippen molar-refractivity contribution >= 4 is 46.6 Å². The number of amides is 4. The molecule has 2 aliphatic heterocycles. The van der Waals surface area contributed by atoms with Crippen LogP contribution in [0.2, 0.25) is 0 Å². The van der Waals surface area contributed by atoms with Gasteiger partial charge in [-0.15, -0.1) is 0 Å². The number of benzene rings is 3. The Bertz CT molecular complexity index is 1390. The number of urea groups is 1. The maximum Gasteiger partial charge on any atom is 0.343 e. The van der Waals surface area contributed by atoms with E-state index >= 15 is 0 Å². The Morgan fingerprint density at radius 1 is 0.784 bits per heavy atom. The minimum absolute atomic E-state index is 0.0719. The van der Waals surface area contributed by atoms with Gasteiger partial charge in [0.05, 0.1) is 16.9 Å². The number of fused-ring (bicyclic) bond motifs is 1. The SMILES string of the molecule is CCN1c2ccc(C=C3C(=O)N(c4ccccc4)C(=O)N(c4ccccc4)C3=O)cc2C(C)=CC1(C)C. The molecule has 0 atom stereocenters. The van der Waals surface area contributed by atoms with Gasteiger partial charge in [0.15, 0.2) is 0 Å². The number of para-hydroxylation sites is 2. The molecule has 0 spiro atoms. The predicted molar refractivity (Wildman–Crippen MR) is 148 cm³/mol. The third-order valence-electron chi connectivity index (χ3n) is 6.91. The summed E-state index contributed by atoms with van der Waals surface area (Å²) in [5, 5.41) is 0. The Kier molecular flexibility index (Phi) is 6.04. The fraction of sp³-hybridized carbons (Fsp3) is 0.194. The van der Waals surface area contributed by atoms with E-state index in [0.29, 0.717) is 16.9 Å². The molecular formula is C31H29N3O3. The molecule has 4 amide bonds. The van der Waals surface area contributed by atoms with Crippen LogP contribution in [-0.2, 0) is 9.59 Å². The molecule has 186 valence electrons. The molecule has 37 heavy (non-hydrogen) atoms. The van der Waals surface area contributed by atoms with Crippen molar-refractivity contribution in [3.05, 3.63) is 102 Å². The average molecular weight is 492 g/mol. The van der Waals surface area contributed by atoms with E-state index in [0.717, 1.165) is 33.2 Å². The van der Waals surface area contributed by atoms with E-state index in [9.17, 15) is 14.4 Å². The van der Waals surface area contributed by atoms with Crippen molar-refractivity contribution in [1.29, 1.82) is 0 Å². The quantitative estimate of drug-likeness (QED) is 0.318. The Morgan fingerprint density at radius 3 is 1.84 bits per heavy atom. The van der Waals surface area contributed by atoms with Crippen molar-refractivity contribution in [1.82, 2.24) is 0 Å². The van der Waals surface area contributed by atoms with E-state index < -0.39 is 17.8 Å². The molecule has 6 nitrogen and oxygen atoms in total. The Hall–Kier alpha value is -4.45. The second kappa shape index (κ2) is 9.21. The predicted octanol–water partition coefficient (Wildman–Crippen LogP) is 6.29. The molecule has 3 aromatic rings. The fourth-order valence-electron chi connectivity index (χ4n) is 5.27. The van der Waals surface area contributed by atoms with Crippen molar-refractivity contribution in [3.63, 3.8) is 0 Å². The summed E-state index contributed by atoms with van der Waals surface area (Å²) in [6, 6.07) is 22.6. The van der Waals surface area contributed by atoms with Crippen LogP contribution in [-0.4, -0.2) is 29.9 Å². The summed E-state index contributed by atoms with van der Waals surface area (Å²) < 4.78 is 0. The number of hydrogen-bond acceptors (Lipinski definition) is 4. The number of allylic oxidation sites excluding steroid dienone is 1. The van der Waals surface area contributed by atoms with Gasteiger partial charge in [-0.2, -0.15) is 0 Å². The topological polar surface area (TPSA) is 60.9 Å². The van der Waals surface area contributed by atoms with Crippen LogP contribution in [0.25, 0.3) is 11.6 Å². The number of hydrogen-bond donors (Lipinski definition) is 0. The lowest BCUT2D eigenvalue weighted by Crippen LogP contribution is -2.57. The van der Waals surface area contributed by atoms with Gasteiger partial charge in [0.25, 0.3) is 11.8 Å². The highest BCUT2D eigenvalue weighted by Gasteiger charge is 2.43. The molecule has 3 aromatic carbocycles. The third-order valence-corrected chi connectivity index (χ3v) is 6.91. The molecule has 0 aromatic heterocycles.